The van der Waals surface area contributed by atoms with Crippen LogP contribution in [0.5, 0.6) is 5.75 Å². The second-order valence-corrected chi connectivity index (χ2v) is 7.62. The molecule has 0 aliphatic carbocycles. The van der Waals surface area contributed by atoms with Crippen molar-refractivity contribution >= 4 is 29.0 Å². The molecular formula is C24H25N7O2. The molecule has 0 spiro atoms. The molecule has 1 unspecified atom stereocenters. The number of carbonyl (C=O) groups excluding carboxylic acids is 1. The number of nitrogen functional groups attached to an aromatic ring is 1. The third-order valence-electron chi connectivity index (χ3n) is 5.47. The van der Waals surface area contributed by atoms with Crippen LogP contribution in [0.2, 0.25) is 0 Å². The summed E-state index contributed by atoms with van der Waals surface area (Å²) >= 11 is 0. The summed E-state index contributed by atoms with van der Waals surface area (Å²) in [4.78, 5) is 22.2. The summed E-state index contributed by atoms with van der Waals surface area (Å²) in [5.41, 5.74) is 8.40. The second-order valence-electron chi connectivity index (χ2n) is 7.62. The summed E-state index contributed by atoms with van der Waals surface area (Å²) in [5.74, 6) is 1.60. The number of ether oxygens (including phenoxy) is 1. The van der Waals surface area contributed by atoms with Gasteiger partial charge >= 0.3 is 0 Å². The number of fused-ring (bicyclic) bond motifs is 1. The summed E-state index contributed by atoms with van der Waals surface area (Å²) in [7, 11) is 0. The van der Waals surface area contributed by atoms with Crippen molar-refractivity contribution in [3.05, 3.63) is 67.2 Å². The first-order valence-electron chi connectivity index (χ1n) is 10.5. The number of rotatable bonds is 7. The van der Waals surface area contributed by atoms with Gasteiger partial charge in [-0.15, -0.1) is 0 Å². The van der Waals surface area contributed by atoms with Crippen LogP contribution >= 0.6 is 0 Å². The summed E-state index contributed by atoms with van der Waals surface area (Å²) in [6.45, 7) is 6.54. The van der Waals surface area contributed by atoms with E-state index in [9.17, 15) is 4.79 Å². The topological polar surface area (TPSA) is 123 Å². The molecule has 1 fully saturated rings. The number of carbonyl (C=O) groups is 1. The van der Waals surface area contributed by atoms with Crippen molar-refractivity contribution in [2.45, 2.75) is 19.4 Å². The van der Waals surface area contributed by atoms with Crippen LogP contribution in [0.3, 0.4) is 0 Å². The molecule has 0 saturated carbocycles. The molecule has 9 heteroatoms. The molecule has 168 valence electrons. The molecule has 1 amide bonds. The predicted molar refractivity (Wildman–Crippen MR) is 128 cm³/mol. The van der Waals surface area contributed by atoms with Crippen molar-refractivity contribution in [1.82, 2.24) is 24.6 Å². The van der Waals surface area contributed by atoms with Gasteiger partial charge in [0.05, 0.1) is 11.4 Å². The lowest BCUT2D eigenvalue weighted by molar-refractivity contribution is -0.127. The highest BCUT2D eigenvalue weighted by Crippen LogP contribution is 2.34. The van der Waals surface area contributed by atoms with Gasteiger partial charge in [0.1, 0.15) is 29.3 Å². The number of anilines is 1. The Morgan fingerprint density at radius 1 is 1.30 bits per heavy atom. The van der Waals surface area contributed by atoms with Crippen LogP contribution in [0.25, 0.3) is 22.3 Å². The Kier molecular flexibility index (Phi) is 6.30. The lowest BCUT2D eigenvalue weighted by atomic mass is 10.1. The Morgan fingerprint density at radius 3 is 2.76 bits per heavy atom. The Balaban J connectivity index is 1.68. The number of nitrogens with one attached hydrogen (secondary N) is 1. The minimum atomic E-state index is 0.0225. The zero-order chi connectivity index (χ0) is 23.4. The fraction of sp³-hybridized carbons (Fsp3) is 0.208. The highest BCUT2D eigenvalue weighted by molar-refractivity contribution is 5.98. The first kappa shape index (κ1) is 21.9. The van der Waals surface area contributed by atoms with E-state index in [-0.39, 0.29) is 11.9 Å². The number of likely N-dealkylation sites (tertiary alicyclic amines) is 1. The van der Waals surface area contributed by atoms with Crippen LogP contribution in [0.15, 0.2) is 67.2 Å². The fourth-order valence-electron chi connectivity index (χ4n) is 3.88. The van der Waals surface area contributed by atoms with Crippen LogP contribution < -0.4 is 10.5 Å². The molecule has 0 bridgehead atoms. The molecule has 3 aromatic rings. The Labute approximate surface area is 191 Å². The number of nitrogens with two attached hydrogens (primary N) is 1. The molecule has 9 nitrogen and oxygen atoms in total. The average molecular weight is 444 g/mol. The van der Waals surface area contributed by atoms with Crippen molar-refractivity contribution in [2.75, 3.05) is 18.8 Å². The number of benzene rings is 1. The van der Waals surface area contributed by atoms with Crippen molar-refractivity contribution in [3.8, 4) is 17.0 Å². The van der Waals surface area contributed by atoms with Crippen molar-refractivity contribution in [2.24, 2.45) is 0 Å². The quantitative estimate of drug-likeness (QED) is 0.327. The van der Waals surface area contributed by atoms with Gasteiger partial charge < -0.3 is 20.8 Å². The number of aromatic nitrogens is 4. The number of hydrogen-bond acceptors (Lipinski definition) is 7. The van der Waals surface area contributed by atoms with Gasteiger partial charge in [-0.3, -0.25) is 4.79 Å². The zero-order valence-electron chi connectivity index (χ0n) is 18.3. The van der Waals surface area contributed by atoms with E-state index in [1.54, 1.807) is 31.2 Å². The van der Waals surface area contributed by atoms with Gasteiger partial charge in [-0.1, -0.05) is 12.7 Å². The molecule has 3 heterocycles. The zero-order valence-corrected chi connectivity index (χ0v) is 18.3. The van der Waals surface area contributed by atoms with Gasteiger partial charge in [-0.25, -0.2) is 14.6 Å². The van der Waals surface area contributed by atoms with Gasteiger partial charge in [0.15, 0.2) is 5.65 Å². The van der Waals surface area contributed by atoms with Gasteiger partial charge in [0.25, 0.3) is 0 Å². The Morgan fingerprint density at radius 2 is 2.09 bits per heavy atom. The lowest BCUT2D eigenvalue weighted by Crippen LogP contribution is -2.26. The van der Waals surface area contributed by atoms with E-state index in [0.29, 0.717) is 47.1 Å². The molecule has 0 radical (unpaired) electrons. The summed E-state index contributed by atoms with van der Waals surface area (Å²) in [5, 5.41) is 12.7. The van der Waals surface area contributed by atoms with E-state index in [0.717, 1.165) is 12.0 Å². The Bertz CT molecular complexity index is 1260. The summed E-state index contributed by atoms with van der Waals surface area (Å²) < 4.78 is 7.73. The van der Waals surface area contributed by atoms with E-state index in [1.807, 2.05) is 33.8 Å². The molecule has 1 aromatic carbocycles. The lowest BCUT2D eigenvalue weighted by Gasteiger charge is -2.14. The van der Waals surface area contributed by atoms with Crippen LogP contribution in [0.1, 0.15) is 19.4 Å². The van der Waals surface area contributed by atoms with Gasteiger partial charge in [0, 0.05) is 31.8 Å². The van der Waals surface area contributed by atoms with Crippen LogP contribution in [0.4, 0.5) is 5.82 Å². The first-order chi connectivity index (χ1) is 16.0. The summed E-state index contributed by atoms with van der Waals surface area (Å²) in [6, 6.07) is 7.49. The number of amides is 1. The van der Waals surface area contributed by atoms with Crippen LogP contribution in [0, 0.1) is 5.41 Å². The predicted octanol–water partition coefficient (Wildman–Crippen LogP) is 3.52. The van der Waals surface area contributed by atoms with E-state index >= 15 is 0 Å². The minimum Gasteiger partial charge on any atom is -0.457 e. The molecule has 33 heavy (non-hydrogen) atoms. The maximum Gasteiger partial charge on any atom is 0.219 e. The Hall–Kier alpha value is -4.27. The standard InChI is InChI=1S/C24H25N7O2/c1-3-5-19(6-4-12-25)33-20-9-7-17(8-10-20)22-21-23(26)27-15-28-24(21)31(29-22)18-11-13-30(14-18)16(2)32/h3-10,12,15,18,25H,1,11,13-14H2,2H3,(H2,26,27,28)/b6-4-,19-5+,25-12?. The molecule has 2 aromatic heterocycles. The molecular weight excluding hydrogens is 418 g/mol. The van der Waals surface area contributed by atoms with Crippen LogP contribution in [-0.4, -0.2) is 49.9 Å². The van der Waals surface area contributed by atoms with E-state index < -0.39 is 0 Å². The highest BCUT2D eigenvalue weighted by atomic mass is 16.5. The normalized spacial score (nSPS) is 16.5. The largest absolute Gasteiger partial charge is 0.457 e. The van der Waals surface area contributed by atoms with Crippen molar-refractivity contribution < 1.29 is 9.53 Å². The van der Waals surface area contributed by atoms with E-state index in [1.165, 1.54) is 12.5 Å². The van der Waals surface area contributed by atoms with Gasteiger partial charge in [-0.2, -0.15) is 5.10 Å². The van der Waals surface area contributed by atoms with Gasteiger partial charge in [-0.05, 0) is 48.9 Å². The molecule has 1 saturated heterocycles. The van der Waals surface area contributed by atoms with Crippen molar-refractivity contribution in [1.29, 1.82) is 5.41 Å². The average Bonchev–Trinajstić information content (AvgIpc) is 3.44. The van der Waals surface area contributed by atoms with Crippen LogP contribution in [-0.2, 0) is 4.79 Å². The monoisotopic (exact) mass is 443 g/mol. The van der Waals surface area contributed by atoms with E-state index in [4.69, 9.17) is 21.0 Å². The molecule has 4 rings (SSSR count). The van der Waals surface area contributed by atoms with Gasteiger partial charge in [0.2, 0.25) is 5.91 Å². The maximum absolute atomic E-state index is 11.8. The molecule has 1 atom stereocenters. The maximum atomic E-state index is 11.8. The molecule has 1 aliphatic rings. The fourth-order valence-corrected chi connectivity index (χ4v) is 3.88. The summed E-state index contributed by atoms with van der Waals surface area (Å²) in [6.07, 6.45) is 10.0. The minimum absolute atomic E-state index is 0.0225. The van der Waals surface area contributed by atoms with Crippen molar-refractivity contribution in [3.63, 3.8) is 0 Å². The third kappa shape index (κ3) is 4.52. The number of hydrogen-bond donors (Lipinski definition) is 2. The molecule has 1 aliphatic heterocycles. The van der Waals surface area contributed by atoms with E-state index in [2.05, 4.69) is 16.5 Å². The molecule has 3 N–H and O–H groups in total. The SMILES string of the molecule is C=C/C=C(\C=C/C=N)Oc1ccc(-c2nn(C3CCN(C(C)=O)C3)c3ncnc(N)c23)cc1. The smallest absolute Gasteiger partial charge is 0.219 e. The number of allylic oxidation sites excluding steroid dienone is 4. The highest BCUT2D eigenvalue weighted by Gasteiger charge is 2.29. The number of nitrogens with zero attached hydrogens (tertiary/aromatic N) is 5. The second kappa shape index (κ2) is 9.47. The first-order valence-corrected chi connectivity index (χ1v) is 10.5. The third-order valence-corrected chi connectivity index (χ3v) is 5.47.